The maximum Gasteiger partial charge on any atom is 0.338 e. The number of benzene rings is 3. The summed E-state index contributed by atoms with van der Waals surface area (Å²) >= 11 is 8.40. The van der Waals surface area contributed by atoms with Crippen LogP contribution < -0.4 is 24.4 Å². The minimum absolute atomic E-state index is 0.137. The minimum Gasteiger partial charge on any atom is -0.491 e. The van der Waals surface area contributed by atoms with E-state index in [1.54, 1.807) is 51.1 Å². The first kappa shape index (κ1) is 35.3. The smallest absolute Gasteiger partial charge is 0.338 e. The molecular formula is C36H34Br2N2O7S. The Labute approximate surface area is 298 Å². The Morgan fingerprint density at radius 3 is 2.38 bits per heavy atom. The highest BCUT2D eigenvalue weighted by atomic mass is 79.9. The minimum atomic E-state index is -0.819. The van der Waals surface area contributed by atoms with Gasteiger partial charge in [-0.15, -0.1) is 0 Å². The SMILES string of the molecule is CCOC(=O)C1=C(C)N=c2s/c(=C\c3cc(Br)cc(Br)c3OCc3ccc(C(=O)OCC)cc3)c(=O)n2[C@@H]1c1ccccc1OC(C)C. The van der Waals surface area contributed by atoms with Crippen LogP contribution in [0.1, 0.15) is 67.7 Å². The third kappa shape index (κ3) is 7.66. The number of aromatic nitrogens is 1. The number of rotatable bonds is 11. The van der Waals surface area contributed by atoms with Gasteiger partial charge in [0.15, 0.2) is 4.80 Å². The van der Waals surface area contributed by atoms with Crippen molar-refractivity contribution in [2.24, 2.45) is 4.99 Å². The van der Waals surface area contributed by atoms with Gasteiger partial charge in [0.2, 0.25) is 0 Å². The van der Waals surface area contributed by atoms with E-state index < -0.39 is 12.0 Å². The van der Waals surface area contributed by atoms with Gasteiger partial charge in [-0.25, -0.2) is 14.6 Å². The maximum atomic E-state index is 14.3. The van der Waals surface area contributed by atoms with E-state index in [9.17, 15) is 14.4 Å². The number of hydrogen-bond donors (Lipinski definition) is 0. The van der Waals surface area contributed by atoms with Crippen molar-refractivity contribution in [2.75, 3.05) is 13.2 Å². The fourth-order valence-electron chi connectivity index (χ4n) is 5.24. The van der Waals surface area contributed by atoms with Gasteiger partial charge in [0.1, 0.15) is 24.1 Å². The van der Waals surface area contributed by atoms with Crippen LogP contribution in [-0.2, 0) is 20.9 Å². The summed E-state index contributed by atoms with van der Waals surface area (Å²) in [4.78, 5) is 44.9. The molecule has 0 unspecified atom stereocenters. The maximum absolute atomic E-state index is 14.3. The number of nitrogens with zero attached hydrogens (tertiary/aromatic N) is 2. The predicted octanol–water partition coefficient (Wildman–Crippen LogP) is 6.87. The van der Waals surface area contributed by atoms with Crippen LogP contribution in [0.4, 0.5) is 0 Å². The summed E-state index contributed by atoms with van der Waals surface area (Å²) in [5, 5.41) is 0. The van der Waals surface area contributed by atoms with Gasteiger partial charge < -0.3 is 18.9 Å². The molecule has 0 bridgehead atoms. The summed E-state index contributed by atoms with van der Waals surface area (Å²) in [6.45, 7) is 9.77. The highest BCUT2D eigenvalue weighted by molar-refractivity contribution is 9.11. The predicted molar refractivity (Wildman–Crippen MR) is 191 cm³/mol. The first-order valence-corrected chi connectivity index (χ1v) is 17.8. The molecule has 0 spiro atoms. The van der Waals surface area contributed by atoms with Crippen LogP contribution in [0.15, 0.2) is 90.7 Å². The third-order valence-corrected chi connectivity index (χ3v) is 9.30. The zero-order valence-corrected chi connectivity index (χ0v) is 31.0. The van der Waals surface area contributed by atoms with Crippen molar-refractivity contribution in [1.82, 2.24) is 4.57 Å². The highest BCUT2D eigenvalue weighted by Crippen LogP contribution is 2.37. The average Bonchev–Trinajstić information content (AvgIpc) is 3.34. The van der Waals surface area contributed by atoms with Gasteiger partial charge in [-0.3, -0.25) is 9.36 Å². The van der Waals surface area contributed by atoms with E-state index in [2.05, 4.69) is 31.9 Å². The Morgan fingerprint density at radius 2 is 1.69 bits per heavy atom. The van der Waals surface area contributed by atoms with Crippen LogP contribution in [-0.4, -0.2) is 35.8 Å². The second-order valence-electron chi connectivity index (χ2n) is 11.0. The lowest BCUT2D eigenvalue weighted by Gasteiger charge is -2.26. The molecule has 0 saturated carbocycles. The molecule has 1 aromatic heterocycles. The molecule has 0 radical (unpaired) electrons. The Balaban J connectivity index is 1.60. The number of ether oxygens (including phenoxy) is 4. The molecule has 48 heavy (non-hydrogen) atoms. The first-order valence-electron chi connectivity index (χ1n) is 15.4. The van der Waals surface area contributed by atoms with E-state index in [1.807, 2.05) is 50.2 Å². The van der Waals surface area contributed by atoms with Crippen molar-refractivity contribution in [2.45, 2.75) is 53.4 Å². The molecule has 5 rings (SSSR count). The molecule has 0 aliphatic carbocycles. The molecule has 2 heterocycles. The van der Waals surface area contributed by atoms with Crippen LogP contribution in [0.3, 0.4) is 0 Å². The monoisotopic (exact) mass is 796 g/mol. The van der Waals surface area contributed by atoms with Crippen molar-refractivity contribution >= 4 is 61.2 Å². The molecule has 12 heteroatoms. The molecule has 1 aliphatic rings. The zero-order chi connectivity index (χ0) is 34.5. The van der Waals surface area contributed by atoms with Crippen molar-refractivity contribution < 1.29 is 28.5 Å². The average molecular weight is 799 g/mol. The molecule has 4 aromatic rings. The van der Waals surface area contributed by atoms with E-state index in [0.717, 1.165) is 10.0 Å². The lowest BCUT2D eigenvalue weighted by molar-refractivity contribution is -0.139. The van der Waals surface area contributed by atoms with Crippen molar-refractivity contribution in [3.05, 3.63) is 123 Å². The van der Waals surface area contributed by atoms with Gasteiger partial charge in [-0.2, -0.15) is 0 Å². The molecule has 1 atom stereocenters. The lowest BCUT2D eigenvalue weighted by Crippen LogP contribution is -2.40. The van der Waals surface area contributed by atoms with Crippen molar-refractivity contribution in [3.63, 3.8) is 0 Å². The first-order chi connectivity index (χ1) is 23.0. The number of esters is 2. The fraction of sp³-hybridized carbons (Fsp3) is 0.278. The van der Waals surface area contributed by atoms with Gasteiger partial charge in [0.05, 0.1) is 45.2 Å². The number of thiazole rings is 1. The standard InChI is InChI=1S/C36H34Br2N2O7S/c1-6-44-34(42)23-14-12-22(13-15-23)19-46-32-24(16-25(37)18-27(32)38)17-29-33(41)40-31(26-10-8-9-11-28(26)47-20(3)4)30(35(43)45-7-2)21(5)39-36(40)48-29/h8-18,20,31H,6-7,19H2,1-5H3/b29-17-/t31-/m1/s1. The lowest BCUT2D eigenvalue weighted by atomic mass is 9.95. The van der Waals surface area contributed by atoms with E-state index in [1.165, 1.54) is 15.9 Å². The summed E-state index contributed by atoms with van der Waals surface area (Å²) in [5.74, 6) is 0.158. The largest absolute Gasteiger partial charge is 0.491 e. The van der Waals surface area contributed by atoms with E-state index in [0.29, 0.717) is 54.3 Å². The van der Waals surface area contributed by atoms with Crippen molar-refractivity contribution in [3.8, 4) is 11.5 Å². The Hall–Kier alpha value is -4.00. The molecule has 250 valence electrons. The van der Waals surface area contributed by atoms with E-state index in [4.69, 9.17) is 23.9 Å². The Morgan fingerprint density at radius 1 is 1.00 bits per heavy atom. The van der Waals surface area contributed by atoms with Crippen LogP contribution in [0.25, 0.3) is 6.08 Å². The van der Waals surface area contributed by atoms with Gasteiger partial charge in [0.25, 0.3) is 5.56 Å². The van der Waals surface area contributed by atoms with Gasteiger partial charge in [-0.1, -0.05) is 57.6 Å². The van der Waals surface area contributed by atoms with E-state index >= 15 is 0 Å². The zero-order valence-electron chi connectivity index (χ0n) is 27.0. The Kier molecular flexibility index (Phi) is 11.4. The topological polar surface area (TPSA) is 105 Å². The Bertz CT molecular complexity index is 2070. The molecule has 1 aliphatic heterocycles. The second-order valence-corrected chi connectivity index (χ2v) is 13.8. The molecule has 0 N–H and O–H groups in total. The molecule has 0 amide bonds. The van der Waals surface area contributed by atoms with Crippen LogP contribution >= 0.6 is 43.2 Å². The molecule has 9 nitrogen and oxygen atoms in total. The fourth-order valence-corrected chi connectivity index (χ4v) is 7.65. The summed E-state index contributed by atoms with van der Waals surface area (Å²) in [7, 11) is 0. The van der Waals surface area contributed by atoms with Crippen LogP contribution in [0.2, 0.25) is 0 Å². The molecule has 0 saturated heterocycles. The third-order valence-electron chi connectivity index (χ3n) is 7.27. The number of halogens is 2. The van der Waals surface area contributed by atoms with Gasteiger partial charge >= 0.3 is 11.9 Å². The van der Waals surface area contributed by atoms with E-state index in [-0.39, 0.29) is 36.4 Å². The number of hydrogen-bond acceptors (Lipinski definition) is 9. The van der Waals surface area contributed by atoms with Crippen LogP contribution in [0.5, 0.6) is 11.5 Å². The molecule has 3 aromatic carbocycles. The van der Waals surface area contributed by atoms with Gasteiger partial charge in [-0.05, 0) is 92.5 Å². The highest BCUT2D eigenvalue weighted by Gasteiger charge is 2.35. The molecular weight excluding hydrogens is 764 g/mol. The second kappa shape index (κ2) is 15.5. The number of para-hydroxylation sites is 1. The number of carbonyl (C=O) groups is 2. The summed E-state index contributed by atoms with van der Waals surface area (Å²) in [5.41, 5.74) is 3.01. The normalized spacial score (nSPS) is 14.4. The summed E-state index contributed by atoms with van der Waals surface area (Å²) < 4.78 is 26.3. The van der Waals surface area contributed by atoms with Crippen LogP contribution in [0, 0.1) is 0 Å². The number of carbonyl (C=O) groups excluding carboxylic acids is 2. The summed E-state index contributed by atoms with van der Waals surface area (Å²) in [6, 6.07) is 17.3. The number of fused-ring (bicyclic) bond motifs is 1. The van der Waals surface area contributed by atoms with Crippen molar-refractivity contribution in [1.29, 1.82) is 0 Å². The quantitative estimate of drug-likeness (QED) is 0.153. The molecule has 0 fully saturated rings. The number of allylic oxidation sites excluding steroid dienone is 1. The summed E-state index contributed by atoms with van der Waals surface area (Å²) in [6.07, 6.45) is 1.62. The van der Waals surface area contributed by atoms with Gasteiger partial charge in [0, 0.05) is 15.6 Å².